The van der Waals surface area contributed by atoms with E-state index in [0.717, 1.165) is 32.4 Å². The highest BCUT2D eigenvalue weighted by Crippen LogP contribution is 2.16. The number of likely N-dealkylation sites (tertiary alicyclic amines) is 1. The van der Waals surface area contributed by atoms with E-state index in [1.54, 1.807) is 0 Å². The van der Waals surface area contributed by atoms with E-state index in [1.165, 1.54) is 0 Å². The number of nitrogens with one attached hydrogen (secondary N) is 1. The van der Waals surface area contributed by atoms with Crippen LogP contribution < -0.4 is 5.32 Å². The van der Waals surface area contributed by atoms with E-state index >= 15 is 0 Å². The molecule has 0 radical (unpaired) electrons. The van der Waals surface area contributed by atoms with Gasteiger partial charge in [0.2, 0.25) is 0 Å². The van der Waals surface area contributed by atoms with Crippen molar-refractivity contribution in [2.45, 2.75) is 71.6 Å². The number of rotatable bonds is 4. The molecule has 1 N–H and O–H groups in total. The molecule has 1 atom stereocenters. The van der Waals surface area contributed by atoms with Crippen LogP contribution in [0.15, 0.2) is 0 Å². The van der Waals surface area contributed by atoms with Gasteiger partial charge in [0.1, 0.15) is 5.60 Å². The molecule has 1 unspecified atom stereocenters. The number of carbonyl (C=O) groups is 1. The molecule has 1 saturated heterocycles. The van der Waals surface area contributed by atoms with Crippen molar-refractivity contribution in [2.24, 2.45) is 0 Å². The minimum atomic E-state index is -0.405. The summed E-state index contributed by atoms with van der Waals surface area (Å²) in [6, 6.07) is 0.982. The lowest BCUT2D eigenvalue weighted by atomic mass is 10.1. The Kier molecular flexibility index (Phi) is 5.45. The highest BCUT2D eigenvalue weighted by molar-refractivity contribution is 5.68. The Morgan fingerprint density at radius 2 is 2.00 bits per heavy atom. The highest BCUT2D eigenvalue weighted by atomic mass is 16.6. The van der Waals surface area contributed by atoms with E-state index in [2.05, 4.69) is 19.2 Å². The van der Waals surface area contributed by atoms with Crippen LogP contribution in [0.4, 0.5) is 4.79 Å². The Morgan fingerprint density at radius 3 is 2.50 bits per heavy atom. The number of hydrogen-bond acceptors (Lipinski definition) is 3. The van der Waals surface area contributed by atoms with Crippen molar-refractivity contribution in [3.63, 3.8) is 0 Å². The molecule has 18 heavy (non-hydrogen) atoms. The van der Waals surface area contributed by atoms with Crippen molar-refractivity contribution in [3.05, 3.63) is 0 Å². The van der Waals surface area contributed by atoms with Crippen molar-refractivity contribution in [3.8, 4) is 0 Å². The topological polar surface area (TPSA) is 41.6 Å². The third kappa shape index (κ3) is 4.84. The molecule has 0 aromatic carbocycles. The van der Waals surface area contributed by atoms with Crippen LogP contribution >= 0.6 is 0 Å². The maximum absolute atomic E-state index is 11.9. The van der Waals surface area contributed by atoms with Crippen LogP contribution in [0.5, 0.6) is 0 Å². The van der Waals surface area contributed by atoms with Crippen molar-refractivity contribution in [2.75, 3.05) is 13.1 Å². The Bertz CT molecular complexity index is 269. The lowest BCUT2D eigenvalue weighted by Crippen LogP contribution is -2.41. The quantitative estimate of drug-likeness (QED) is 0.841. The lowest BCUT2D eigenvalue weighted by molar-refractivity contribution is 0.0290. The molecule has 0 spiro atoms. The first-order valence-electron chi connectivity index (χ1n) is 7.09. The van der Waals surface area contributed by atoms with Crippen LogP contribution in [0.1, 0.15) is 53.9 Å². The second kappa shape index (κ2) is 6.41. The van der Waals surface area contributed by atoms with Crippen LogP contribution in [0, 0.1) is 0 Å². The predicted octanol–water partition coefficient (Wildman–Crippen LogP) is 2.77. The van der Waals surface area contributed by atoms with Crippen molar-refractivity contribution in [1.82, 2.24) is 10.2 Å². The monoisotopic (exact) mass is 256 g/mol. The van der Waals surface area contributed by atoms with Gasteiger partial charge in [0.05, 0.1) is 0 Å². The second-order valence-corrected chi connectivity index (χ2v) is 6.09. The number of hydrogen-bond donors (Lipinski definition) is 1. The zero-order valence-electron chi connectivity index (χ0n) is 12.5. The molecular weight excluding hydrogens is 228 g/mol. The molecule has 0 aliphatic carbocycles. The smallest absolute Gasteiger partial charge is 0.410 e. The van der Waals surface area contributed by atoms with Gasteiger partial charge in [-0.3, -0.25) is 0 Å². The highest BCUT2D eigenvalue weighted by Gasteiger charge is 2.30. The van der Waals surface area contributed by atoms with Crippen LogP contribution in [0.2, 0.25) is 0 Å². The molecule has 1 amide bonds. The second-order valence-electron chi connectivity index (χ2n) is 6.09. The molecule has 1 aliphatic heterocycles. The Balaban J connectivity index is 2.39. The molecule has 0 saturated carbocycles. The fraction of sp³-hybridized carbons (Fsp3) is 0.929. The number of amides is 1. The molecule has 4 heteroatoms. The molecule has 1 fully saturated rings. The average Bonchev–Trinajstić information content (AvgIpc) is 2.72. The van der Waals surface area contributed by atoms with Crippen molar-refractivity contribution in [1.29, 1.82) is 0 Å². The minimum absolute atomic E-state index is 0.184. The van der Waals surface area contributed by atoms with Gasteiger partial charge in [-0.25, -0.2) is 4.79 Å². The summed E-state index contributed by atoms with van der Waals surface area (Å²) in [5.74, 6) is 0. The summed E-state index contributed by atoms with van der Waals surface area (Å²) in [4.78, 5) is 13.7. The zero-order valence-corrected chi connectivity index (χ0v) is 12.5. The maximum atomic E-state index is 11.9. The first-order valence-corrected chi connectivity index (χ1v) is 7.09. The number of nitrogens with zero attached hydrogens (tertiary/aromatic N) is 1. The van der Waals surface area contributed by atoms with E-state index in [1.807, 2.05) is 25.7 Å². The fourth-order valence-corrected chi connectivity index (χ4v) is 2.25. The Morgan fingerprint density at radius 1 is 1.39 bits per heavy atom. The van der Waals surface area contributed by atoms with E-state index < -0.39 is 5.60 Å². The largest absolute Gasteiger partial charge is 0.444 e. The van der Waals surface area contributed by atoms with Gasteiger partial charge in [0.25, 0.3) is 0 Å². The van der Waals surface area contributed by atoms with Gasteiger partial charge in [-0.05, 0) is 40.0 Å². The third-order valence-corrected chi connectivity index (χ3v) is 3.30. The molecule has 1 heterocycles. The summed E-state index contributed by atoms with van der Waals surface area (Å²) in [6.45, 7) is 11.7. The summed E-state index contributed by atoms with van der Waals surface area (Å²) < 4.78 is 5.39. The summed E-state index contributed by atoms with van der Waals surface area (Å²) in [5.41, 5.74) is -0.405. The first-order chi connectivity index (χ1) is 8.35. The molecule has 0 aromatic heterocycles. The van der Waals surface area contributed by atoms with Gasteiger partial charge in [0.15, 0.2) is 0 Å². The lowest BCUT2D eigenvalue weighted by Gasteiger charge is -2.25. The zero-order chi connectivity index (χ0) is 13.8. The fourth-order valence-electron chi connectivity index (χ4n) is 2.25. The average molecular weight is 256 g/mol. The number of ether oxygens (including phenoxy) is 1. The van der Waals surface area contributed by atoms with Gasteiger partial charge in [0, 0.05) is 25.2 Å². The van der Waals surface area contributed by atoms with Crippen molar-refractivity contribution >= 4 is 6.09 Å². The van der Waals surface area contributed by atoms with E-state index in [9.17, 15) is 4.79 Å². The summed E-state index contributed by atoms with van der Waals surface area (Å²) >= 11 is 0. The van der Waals surface area contributed by atoms with E-state index in [-0.39, 0.29) is 6.09 Å². The maximum Gasteiger partial charge on any atom is 0.410 e. The van der Waals surface area contributed by atoms with Crippen LogP contribution in [-0.4, -0.2) is 41.8 Å². The first kappa shape index (κ1) is 15.3. The Hall–Kier alpha value is -0.770. The predicted molar refractivity (Wildman–Crippen MR) is 73.7 cm³/mol. The summed E-state index contributed by atoms with van der Waals surface area (Å²) in [5, 5.41) is 3.61. The molecule has 0 aromatic rings. The molecular formula is C14H28N2O2. The molecule has 0 bridgehead atoms. The van der Waals surface area contributed by atoms with Crippen LogP contribution in [-0.2, 0) is 4.74 Å². The summed E-state index contributed by atoms with van der Waals surface area (Å²) in [6.07, 6.45) is 3.12. The number of carbonyl (C=O) groups excluding carboxylic acids is 1. The minimum Gasteiger partial charge on any atom is -0.444 e. The third-order valence-electron chi connectivity index (χ3n) is 3.30. The molecule has 1 aliphatic rings. The Labute approximate surface area is 111 Å². The van der Waals surface area contributed by atoms with E-state index in [0.29, 0.717) is 12.1 Å². The van der Waals surface area contributed by atoms with Gasteiger partial charge in [-0.1, -0.05) is 13.8 Å². The van der Waals surface area contributed by atoms with Crippen LogP contribution in [0.3, 0.4) is 0 Å². The van der Waals surface area contributed by atoms with Crippen LogP contribution in [0.25, 0.3) is 0 Å². The SMILES string of the molecule is CCC(CC)NC1CCN(C(=O)OC(C)(C)C)C1. The normalized spacial score (nSPS) is 20.6. The summed E-state index contributed by atoms with van der Waals surface area (Å²) in [7, 11) is 0. The van der Waals surface area contributed by atoms with Gasteiger partial charge >= 0.3 is 6.09 Å². The van der Waals surface area contributed by atoms with Gasteiger partial charge < -0.3 is 15.0 Å². The standard InChI is InChI=1S/C14H28N2O2/c1-6-11(7-2)15-12-8-9-16(10-12)13(17)18-14(3,4)5/h11-12,15H,6-10H2,1-5H3. The molecule has 1 rings (SSSR count). The van der Waals surface area contributed by atoms with Gasteiger partial charge in [-0.15, -0.1) is 0 Å². The van der Waals surface area contributed by atoms with E-state index in [4.69, 9.17) is 4.74 Å². The molecule has 106 valence electrons. The van der Waals surface area contributed by atoms with Crippen molar-refractivity contribution < 1.29 is 9.53 Å². The molecule has 4 nitrogen and oxygen atoms in total. The van der Waals surface area contributed by atoms with Gasteiger partial charge in [-0.2, -0.15) is 0 Å².